The van der Waals surface area contributed by atoms with Crippen LogP contribution in [0.4, 0.5) is 4.79 Å². The molecule has 3 N–H and O–H groups in total. The summed E-state index contributed by atoms with van der Waals surface area (Å²) >= 11 is 0. The zero-order valence-corrected chi connectivity index (χ0v) is 20.4. The maximum atomic E-state index is 13.3. The van der Waals surface area contributed by atoms with Crippen LogP contribution in [0, 0.1) is 0 Å². The fraction of sp³-hybridized carbons (Fsp3) is 0.565. The van der Waals surface area contributed by atoms with Gasteiger partial charge in [0.25, 0.3) is 0 Å². The number of rotatable bonds is 9. The lowest BCUT2D eigenvalue weighted by Gasteiger charge is -2.43. The molecule has 0 saturated carbocycles. The van der Waals surface area contributed by atoms with Crippen molar-refractivity contribution in [2.75, 3.05) is 20.2 Å². The second kappa shape index (κ2) is 11.5. The predicted octanol–water partition coefficient (Wildman–Crippen LogP) is 2.26. The molecule has 1 aromatic rings. The highest BCUT2D eigenvalue weighted by Gasteiger charge is 2.41. The number of nitrogens with one attached hydrogen (secondary N) is 2. The summed E-state index contributed by atoms with van der Waals surface area (Å²) in [7, 11) is 1.19. The Morgan fingerprint density at radius 3 is 2.15 bits per heavy atom. The molecule has 1 atom stereocenters. The Labute approximate surface area is 194 Å². The second-order valence-electron chi connectivity index (χ2n) is 9.04. The molecule has 0 radical (unpaired) electrons. The molecule has 0 fully saturated rings. The van der Waals surface area contributed by atoms with Gasteiger partial charge in [0.1, 0.15) is 30.5 Å². The molecule has 184 valence electrons. The number of hydrogen-bond donors (Lipinski definition) is 3. The summed E-state index contributed by atoms with van der Waals surface area (Å²) in [6, 6.07) is 4.85. The van der Waals surface area contributed by atoms with E-state index in [1.54, 1.807) is 46.8 Å². The number of hydrogen-bond acceptors (Lipinski definition) is 7. The number of benzene rings is 1. The van der Waals surface area contributed by atoms with E-state index in [0.717, 1.165) is 0 Å². The normalized spacial score (nSPS) is 12.3. The second-order valence-corrected chi connectivity index (χ2v) is 9.04. The summed E-state index contributed by atoms with van der Waals surface area (Å²) in [6.45, 7) is 9.60. The molecule has 0 heterocycles. The molecule has 0 aliphatic rings. The number of alkyl carbamates (subject to hydrolysis) is 1. The van der Waals surface area contributed by atoms with Gasteiger partial charge >= 0.3 is 12.1 Å². The summed E-state index contributed by atoms with van der Waals surface area (Å²) in [4.78, 5) is 51.5. The SMILES string of the molecule is CCC(C)(C)N(C(=O)CNC(=O)OC(C)(C)C)C(C(=O)NCC(=O)OC)c1ccccc1O. The van der Waals surface area contributed by atoms with Crippen molar-refractivity contribution in [3.05, 3.63) is 29.8 Å². The van der Waals surface area contributed by atoms with Crippen LogP contribution in [0.3, 0.4) is 0 Å². The Morgan fingerprint density at radius 2 is 1.64 bits per heavy atom. The largest absolute Gasteiger partial charge is 0.508 e. The standard InChI is InChI=1S/C23H35N3O7/c1-8-23(5,6)26(17(28)13-25-21(31)33-22(2,3)4)19(15-11-9-10-12-16(15)27)20(30)24-14-18(29)32-7/h9-12,19,27H,8,13-14H2,1-7H3,(H,24,30)(H,25,31). The Morgan fingerprint density at radius 1 is 1.03 bits per heavy atom. The predicted molar refractivity (Wildman–Crippen MR) is 121 cm³/mol. The van der Waals surface area contributed by atoms with E-state index in [1.807, 2.05) is 6.92 Å². The van der Waals surface area contributed by atoms with E-state index in [4.69, 9.17) is 4.74 Å². The van der Waals surface area contributed by atoms with Crippen molar-refractivity contribution in [1.82, 2.24) is 15.5 Å². The number of amides is 3. The van der Waals surface area contributed by atoms with Crippen LogP contribution in [0.15, 0.2) is 24.3 Å². The number of methoxy groups -OCH3 is 1. The van der Waals surface area contributed by atoms with Gasteiger partial charge in [0.2, 0.25) is 11.8 Å². The number of phenolic OH excluding ortho intramolecular Hbond substituents is 1. The van der Waals surface area contributed by atoms with E-state index in [-0.39, 0.29) is 11.3 Å². The van der Waals surface area contributed by atoms with Gasteiger partial charge in [-0.3, -0.25) is 14.4 Å². The highest BCUT2D eigenvalue weighted by Crippen LogP contribution is 2.35. The number of aromatic hydroxyl groups is 1. The number of ether oxygens (including phenoxy) is 2. The van der Waals surface area contributed by atoms with Gasteiger partial charge in [-0.25, -0.2) is 4.79 Å². The first kappa shape index (κ1) is 27.7. The summed E-state index contributed by atoms with van der Waals surface area (Å²) < 4.78 is 9.74. The van der Waals surface area contributed by atoms with Crippen LogP contribution in [0.2, 0.25) is 0 Å². The van der Waals surface area contributed by atoms with Crippen molar-refractivity contribution < 1.29 is 33.8 Å². The molecule has 33 heavy (non-hydrogen) atoms. The van der Waals surface area contributed by atoms with E-state index >= 15 is 0 Å². The summed E-state index contributed by atoms with van der Waals surface area (Å²) in [5.41, 5.74) is -1.43. The first-order chi connectivity index (χ1) is 15.2. The number of phenols is 1. The van der Waals surface area contributed by atoms with Crippen LogP contribution in [-0.4, -0.2) is 65.2 Å². The van der Waals surface area contributed by atoms with Gasteiger partial charge in [0, 0.05) is 11.1 Å². The third-order valence-corrected chi connectivity index (χ3v) is 4.94. The molecule has 0 bridgehead atoms. The molecule has 0 saturated heterocycles. The monoisotopic (exact) mass is 465 g/mol. The molecule has 0 spiro atoms. The lowest BCUT2D eigenvalue weighted by atomic mass is 9.92. The molecule has 1 unspecified atom stereocenters. The summed E-state index contributed by atoms with van der Waals surface area (Å²) in [5.74, 6) is -2.12. The topological polar surface area (TPSA) is 134 Å². The Kier molecular flexibility index (Phi) is 9.69. The Bertz CT molecular complexity index is 862. The van der Waals surface area contributed by atoms with Crippen molar-refractivity contribution in [1.29, 1.82) is 0 Å². The van der Waals surface area contributed by atoms with Crippen LogP contribution in [-0.2, 0) is 23.9 Å². The van der Waals surface area contributed by atoms with Gasteiger partial charge in [-0.15, -0.1) is 0 Å². The zero-order chi connectivity index (χ0) is 25.4. The fourth-order valence-corrected chi connectivity index (χ4v) is 2.99. The Hall–Kier alpha value is -3.30. The van der Waals surface area contributed by atoms with E-state index in [1.165, 1.54) is 24.1 Å². The van der Waals surface area contributed by atoms with Crippen LogP contribution in [0.5, 0.6) is 5.75 Å². The molecular weight excluding hydrogens is 430 g/mol. The molecule has 0 aromatic heterocycles. The van der Waals surface area contributed by atoms with Crippen molar-refractivity contribution in [2.24, 2.45) is 0 Å². The average Bonchev–Trinajstić information content (AvgIpc) is 2.73. The van der Waals surface area contributed by atoms with Crippen LogP contribution in [0.1, 0.15) is 59.6 Å². The first-order valence-electron chi connectivity index (χ1n) is 10.6. The van der Waals surface area contributed by atoms with Crippen molar-refractivity contribution in [3.8, 4) is 5.75 Å². The molecule has 1 aromatic carbocycles. The number of carbonyl (C=O) groups is 4. The molecule has 0 aliphatic carbocycles. The van der Waals surface area contributed by atoms with Crippen LogP contribution in [0.25, 0.3) is 0 Å². The van der Waals surface area contributed by atoms with Gasteiger partial charge in [-0.1, -0.05) is 25.1 Å². The third kappa shape index (κ3) is 8.28. The smallest absolute Gasteiger partial charge is 0.408 e. The van der Waals surface area contributed by atoms with Gasteiger partial charge in [-0.05, 0) is 47.1 Å². The zero-order valence-electron chi connectivity index (χ0n) is 20.4. The molecular formula is C23H35N3O7. The van der Waals surface area contributed by atoms with E-state index in [0.29, 0.717) is 6.42 Å². The molecule has 1 rings (SSSR count). The van der Waals surface area contributed by atoms with Crippen LogP contribution < -0.4 is 10.6 Å². The maximum Gasteiger partial charge on any atom is 0.408 e. The third-order valence-electron chi connectivity index (χ3n) is 4.94. The molecule has 10 nitrogen and oxygen atoms in total. The fourth-order valence-electron chi connectivity index (χ4n) is 2.99. The van der Waals surface area contributed by atoms with Crippen LogP contribution >= 0.6 is 0 Å². The highest BCUT2D eigenvalue weighted by molar-refractivity contribution is 5.92. The van der Waals surface area contributed by atoms with Gasteiger partial charge < -0.3 is 30.1 Å². The number of esters is 1. The number of carbonyl (C=O) groups excluding carboxylic acids is 4. The van der Waals surface area contributed by atoms with E-state index < -0.39 is 54.1 Å². The Balaban J connectivity index is 3.36. The number of nitrogens with zero attached hydrogens (tertiary/aromatic N) is 1. The van der Waals surface area contributed by atoms with Gasteiger partial charge in [0.05, 0.1) is 7.11 Å². The highest BCUT2D eigenvalue weighted by atomic mass is 16.6. The minimum atomic E-state index is -1.28. The minimum absolute atomic E-state index is 0.173. The van der Waals surface area contributed by atoms with E-state index in [9.17, 15) is 24.3 Å². The lowest BCUT2D eigenvalue weighted by molar-refractivity contribution is -0.148. The van der Waals surface area contributed by atoms with Gasteiger partial charge in [0.15, 0.2) is 0 Å². The van der Waals surface area contributed by atoms with Crippen molar-refractivity contribution >= 4 is 23.9 Å². The molecule has 0 aliphatic heterocycles. The van der Waals surface area contributed by atoms with Gasteiger partial charge in [-0.2, -0.15) is 0 Å². The van der Waals surface area contributed by atoms with Crippen molar-refractivity contribution in [3.63, 3.8) is 0 Å². The maximum absolute atomic E-state index is 13.3. The van der Waals surface area contributed by atoms with E-state index in [2.05, 4.69) is 15.4 Å². The molecule has 3 amide bonds. The number of para-hydroxylation sites is 1. The molecule has 10 heteroatoms. The first-order valence-corrected chi connectivity index (χ1v) is 10.6. The lowest BCUT2D eigenvalue weighted by Crippen LogP contribution is -2.56. The van der Waals surface area contributed by atoms with Crippen molar-refractivity contribution in [2.45, 2.75) is 65.1 Å². The average molecular weight is 466 g/mol. The summed E-state index contributed by atoms with van der Waals surface area (Å²) in [6.07, 6.45) is -0.320. The minimum Gasteiger partial charge on any atom is -0.508 e. The quantitative estimate of drug-likeness (QED) is 0.476. The summed E-state index contributed by atoms with van der Waals surface area (Å²) in [5, 5.41) is 15.3.